The molecule has 0 radical (unpaired) electrons. The zero-order valence-electron chi connectivity index (χ0n) is 13.2. The molecule has 0 aliphatic rings. The second-order valence-corrected chi connectivity index (χ2v) is 4.97. The Labute approximate surface area is 135 Å². The van der Waals surface area contributed by atoms with Gasteiger partial charge in [-0.05, 0) is 48.4 Å². The molecule has 2 aromatic carbocycles. The minimum atomic E-state index is -0.402. The lowest BCUT2D eigenvalue weighted by Crippen LogP contribution is -2.12. The highest BCUT2D eigenvalue weighted by Gasteiger charge is 2.07. The summed E-state index contributed by atoms with van der Waals surface area (Å²) in [6, 6.07) is 14.2. The van der Waals surface area contributed by atoms with Crippen molar-refractivity contribution in [2.24, 2.45) is 0 Å². The first-order chi connectivity index (χ1) is 11.1. The molecule has 1 amide bonds. The molecule has 0 aliphatic carbocycles. The second-order valence-electron chi connectivity index (χ2n) is 4.97. The van der Waals surface area contributed by atoms with Crippen LogP contribution in [0.3, 0.4) is 0 Å². The summed E-state index contributed by atoms with van der Waals surface area (Å²) in [4.78, 5) is 23.3. The van der Waals surface area contributed by atoms with Crippen molar-refractivity contribution in [3.63, 3.8) is 0 Å². The Bertz CT molecular complexity index is 680. The van der Waals surface area contributed by atoms with E-state index >= 15 is 0 Å². The number of ether oxygens (including phenoxy) is 2. The summed E-state index contributed by atoms with van der Waals surface area (Å²) in [7, 11) is 2.94. The van der Waals surface area contributed by atoms with Crippen LogP contribution in [-0.4, -0.2) is 26.1 Å². The van der Waals surface area contributed by atoms with Crippen molar-refractivity contribution in [1.82, 2.24) is 0 Å². The van der Waals surface area contributed by atoms with E-state index in [2.05, 4.69) is 10.1 Å². The van der Waals surface area contributed by atoms with Crippen LogP contribution in [0.15, 0.2) is 48.5 Å². The van der Waals surface area contributed by atoms with Crippen molar-refractivity contribution in [3.05, 3.63) is 59.7 Å². The van der Waals surface area contributed by atoms with E-state index in [1.165, 1.54) is 7.11 Å². The number of benzene rings is 2. The zero-order chi connectivity index (χ0) is 16.7. The molecule has 0 heterocycles. The fraction of sp³-hybridized carbons (Fsp3) is 0.222. The molecule has 23 heavy (non-hydrogen) atoms. The number of nitrogens with one attached hydrogen (secondary N) is 1. The number of amides is 1. The maximum absolute atomic E-state index is 12.0. The maximum atomic E-state index is 12.0. The number of esters is 1. The van der Waals surface area contributed by atoms with Crippen molar-refractivity contribution >= 4 is 17.6 Å². The highest BCUT2D eigenvalue weighted by molar-refractivity contribution is 5.93. The molecule has 0 aliphatic heterocycles. The SMILES string of the molecule is COC(=O)c1ccc(NC(=O)CCc2cccc(OC)c2)cc1. The van der Waals surface area contributed by atoms with Crippen LogP contribution >= 0.6 is 0 Å². The molecule has 2 rings (SSSR count). The van der Waals surface area contributed by atoms with Gasteiger partial charge in [-0.15, -0.1) is 0 Å². The first-order valence-corrected chi connectivity index (χ1v) is 7.23. The van der Waals surface area contributed by atoms with Crippen LogP contribution in [0.25, 0.3) is 0 Å². The van der Waals surface area contributed by atoms with E-state index < -0.39 is 5.97 Å². The summed E-state index contributed by atoms with van der Waals surface area (Å²) in [5.74, 6) is 0.292. The molecule has 5 heteroatoms. The molecule has 0 spiro atoms. The van der Waals surface area contributed by atoms with Crippen LogP contribution in [0.4, 0.5) is 5.69 Å². The molecule has 0 atom stereocenters. The Morgan fingerprint density at radius 3 is 2.43 bits per heavy atom. The normalized spacial score (nSPS) is 10.0. The number of carbonyl (C=O) groups excluding carboxylic acids is 2. The van der Waals surface area contributed by atoms with E-state index in [0.29, 0.717) is 24.1 Å². The summed E-state index contributed by atoms with van der Waals surface area (Å²) >= 11 is 0. The Balaban J connectivity index is 1.88. The number of carbonyl (C=O) groups is 2. The van der Waals surface area contributed by atoms with Gasteiger partial charge < -0.3 is 14.8 Å². The number of rotatable bonds is 6. The smallest absolute Gasteiger partial charge is 0.337 e. The van der Waals surface area contributed by atoms with Crippen LogP contribution in [0.2, 0.25) is 0 Å². The number of methoxy groups -OCH3 is 2. The molecule has 0 fully saturated rings. The number of anilines is 1. The average Bonchev–Trinajstić information content (AvgIpc) is 2.60. The van der Waals surface area contributed by atoms with Gasteiger partial charge in [-0.25, -0.2) is 4.79 Å². The minimum absolute atomic E-state index is 0.0846. The predicted octanol–water partition coefficient (Wildman–Crippen LogP) is 3.05. The Morgan fingerprint density at radius 1 is 1.04 bits per heavy atom. The van der Waals surface area contributed by atoms with Crippen molar-refractivity contribution in [1.29, 1.82) is 0 Å². The molecule has 0 unspecified atom stereocenters. The molecule has 5 nitrogen and oxygen atoms in total. The lowest BCUT2D eigenvalue weighted by atomic mass is 10.1. The molecular weight excluding hydrogens is 294 g/mol. The van der Waals surface area contributed by atoms with Gasteiger partial charge in [0, 0.05) is 12.1 Å². The average molecular weight is 313 g/mol. The van der Waals surface area contributed by atoms with Gasteiger partial charge in [-0.1, -0.05) is 12.1 Å². The summed E-state index contributed by atoms with van der Waals surface area (Å²) in [6.07, 6.45) is 0.995. The standard InChI is InChI=1S/C18H19NO4/c1-22-16-5-3-4-13(12-16)6-11-17(20)19-15-9-7-14(8-10-15)18(21)23-2/h3-5,7-10,12H,6,11H2,1-2H3,(H,19,20). The van der Waals surface area contributed by atoms with Gasteiger partial charge in [-0.2, -0.15) is 0 Å². The fourth-order valence-corrected chi connectivity index (χ4v) is 2.12. The van der Waals surface area contributed by atoms with Crippen LogP contribution in [0, 0.1) is 0 Å². The van der Waals surface area contributed by atoms with Crippen LogP contribution in [0.1, 0.15) is 22.3 Å². The zero-order valence-corrected chi connectivity index (χ0v) is 13.2. The first-order valence-electron chi connectivity index (χ1n) is 7.23. The van der Waals surface area contributed by atoms with E-state index in [0.717, 1.165) is 11.3 Å². The van der Waals surface area contributed by atoms with Crippen LogP contribution < -0.4 is 10.1 Å². The van der Waals surface area contributed by atoms with E-state index in [4.69, 9.17) is 4.74 Å². The van der Waals surface area contributed by atoms with Gasteiger partial charge in [-0.3, -0.25) is 4.79 Å². The van der Waals surface area contributed by atoms with E-state index in [1.807, 2.05) is 24.3 Å². The monoisotopic (exact) mass is 313 g/mol. The molecule has 0 aromatic heterocycles. The summed E-state index contributed by atoms with van der Waals surface area (Å²) < 4.78 is 9.79. The van der Waals surface area contributed by atoms with E-state index in [1.54, 1.807) is 31.4 Å². The third kappa shape index (κ3) is 4.85. The van der Waals surface area contributed by atoms with Crippen molar-refractivity contribution < 1.29 is 19.1 Å². The van der Waals surface area contributed by atoms with E-state index in [-0.39, 0.29) is 5.91 Å². The van der Waals surface area contributed by atoms with Crippen LogP contribution in [0.5, 0.6) is 5.75 Å². The molecule has 2 aromatic rings. The minimum Gasteiger partial charge on any atom is -0.497 e. The van der Waals surface area contributed by atoms with Crippen molar-refractivity contribution in [2.75, 3.05) is 19.5 Å². The highest BCUT2D eigenvalue weighted by Crippen LogP contribution is 2.15. The van der Waals surface area contributed by atoms with Gasteiger partial charge in [0.05, 0.1) is 19.8 Å². The third-order valence-corrected chi connectivity index (χ3v) is 3.36. The molecule has 0 saturated carbocycles. The largest absolute Gasteiger partial charge is 0.497 e. The molecular formula is C18H19NO4. The van der Waals surface area contributed by atoms with E-state index in [9.17, 15) is 9.59 Å². The van der Waals surface area contributed by atoms with Gasteiger partial charge in [0.1, 0.15) is 5.75 Å². The fourth-order valence-electron chi connectivity index (χ4n) is 2.12. The summed E-state index contributed by atoms with van der Waals surface area (Å²) in [5.41, 5.74) is 2.13. The number of hydrogen-bond donors (Lipinski definition) is 1. The number of aryl methyl sites for hydroxylation is 1. The molecule has 1 N–H and O–H groups in total. The topological polar surface area (TPSA) is 64.6 Å². The Morgan fingerprint density at radius 2 is 1.78 bits per heavy atom. The van der Waals surface area contributed by atoms with Crippen molar-refractivity contribution in [3.8, 4) is 5.75 Å². The van der Waals surface area contributed by atoms with Gasteiger partial charge in [0.2, 0.25) is 5.91 Å². The Hall–Kier alpha value is -2.82. The summed E-state index contributed by atoms with van der Waals surface area (Å²) in [6.45, 7) is 0. The molecule has 120 valence electrons. The third-order valence-electron chi connectivity index (χ3n) is 3.36. The second kappa shape index (κ2) is 7.98. The maximum Gasteiger partial charge on any atom is 0.337 e. The lowest BCUT2D eigenvalue weighted by molar-refractivity contribution is -0.116. The Kier molecular flexibility index (Phi) is 5.74. The summed E-state index contributed by atoms with van der Waals surface area (Å²) in [5, 5.41) is 2.80. The van der Waals surface area contributed by atoms with Gasteiger partial charge >= 0.3 is 5.97 Å². The quantitative estimate of drug-likeness (QED) is 0.833. The number of hydrogen-bond acceptors (Lipinski definition) is 4. The van der Waals surface area contributed by atoms with Crippen LogP contribution in [-0.2, 0) is 16.0 Å². The van der Waals surface area contributed by atoms with Gasteiger partial charge in [0.25, 0.3) is 0 Å². The first kappa shape index (κ1) is 16.5. The molecule has 0 bridgehead atoms. The van der Waals surface area contributed by atoms with Gasteiger partial charge in [0.15, 0.2) is 0 Å². The lowest BCUT2D eigenvalue weighted by Gasteiger charge is -2.07. The highest BCUT2D eigenvalue weighted by atomic mass is 16.5. The van der Waals surface area contributed by atoms with Crippen molar-refractivity contribution in [2.45, 2.75) is 12.8 Å². The predicted molar refractivity (Wildman–Crippen MR) is 87.7 cm³/mol. The molecule has 0 saturated heterocycles.